The smallest absolute Gasteiger partial charge is 0.319 e. The van der Waals surface area contributed by atoms with Gasteiger partial charge in [0.05, 0.1) is 19.3 Å². The zero-order valence-electron chi connectivity index (χ0n) is 15.4. The fourth-order valence-electron chi connectivity index (χ4n) is 1.98. The van der Waals surface area contributed by atoms with Crippen LogP contribution in [-0.4, -0.2) is 56.3 Å². The number of benzene rings is 1. The van der Waals surface area contributed by atoms with Crippen molar-refractivity contribution in [1.82, 2.24) is 20.3 Å². The Hall–Kier alpha value is -2.81. The molecule has 2 amide bonds. The summed E-state index contributed by atoms with van der Waals surface area (Å²) in [5.74, 6) is 1.98. The quantitative estimate of drug-likeness (QED) is 0.792. The highest BCUT2D eigenvalue weighted by Gasteiger charge is 2.12. The van der Waals surface area contributed by atoms with E-state index in [2.05, 4.69) is 25.6 Å². The normalized spacial score (nSPS) is 10.2. The highest BCUT2D eigenvalue weighted by atomic mass is 35.5. The Bertz CT molecular complexity index is 757. The molecule has 0 fully saturated rings. The van der Waals surface area contributed by atoms with Gasteiger partial charge in [-0.2, -0.15) is 15.0 Å². The van der Waals surface area contributed by atoms with Gasteiger partial charge in [-0.3, -0.25) is 0 Å². The number of hydrogen-bond donors (Lipinski definition) is 2. The molecule has 0 spiro atoms. The molecule has 0 bridgehead atoms. The largest absolute Gasteiger partial charge is 0.495 e. The lowest BCUT2D eigenvalue weighted by atomic mass is 10.3. The summed E-state index contributed by atoms with van der Waals surface area (Å²) in [5, 5.41) is 5.90. The summed E-state index contributed by atoms with van der Waals surface area (Å²) in [4.78, 5) is 28.7. The third-order valence-corrected chi connectivity index (χ3v) is 3.51. The molecule has 26 heavy (non-hydrogen) atoms. The topological polar surface area (TPSA) is 95.5 Å². The van der Waals surface area contributed by atoms with E-state index in [9.17, 15) is 4.79 Å². The number of nitrogens with one attached hydrogen (secondary N) is 2. The van der Waals surface area contributed by atoms with Gasteiger partial charge in [0.2, 0.25) is 11.9 Å². The highest BCUT2D eigenvalue weighted by Crippen LogP contribution is 2.27. The number of ether oxygens (including phenoxy) is 1. The lowest BCUT2D eigenvalue weighted by Crippen LogP contribution is -2.30. The first kappa shape index (κ1) is 19.5. The molecule has 0 aliphatic rings. The van der Waals surface area contributed by atoms with Crippen LogP contribution in [0.4, 0.5) is 22.4 Å². The molecule has 2 N–H and O–H groups in total. The third-order valence-electron chi connectivity index (χ3n) is 3.27. The second kappa shape index (κ2) is 8.52. The monoisotopic (exact) mass is 379 g/mol. The van der Waals surface area contributed by atoms with Crippen LogP contribution in [0.25, 0.3) is 0 Å². The van der Waals surface area contributed by atoms with Gasteiger partial charge in [0.1, 0.15) is 5.75 Å². The van der Waals surface area contributed by atoms with Crippen molar-refractivity contribution in [2.75, 3.05) is 50.4 Å². The summed E-state index contributed by atoms with van der Waals surface area (Å²) in [6.07, 6.45) is 0. The highest BCUT2D eigenvalue weighted by molar-refractivity contribution is 6.31. The van der Waals surface area contributed by atoms with Crippen LogP contribution >= 0.6 is 11.6 Å². The maximum Gasteiger partial charge on any atom is 0.319 e. The van der Waals surface area contributed by atoms with Crippen LogP contribution in [-0.2, 0) is 6.54 Å². The van der Waals surface area contributed by atoms with Crippen LogP contribution in [0.15, 0.2) is 18.2 Å². The van der Waals surface area contributed by atoms with Gasteiger partial charge in [-0.15, -0.1) is 0 Å². The second-order valence-corrected chi connectivity index (χ2v) is 6.23. The molecule has 10 heteroatoms. The SMILES string of the molecule is COc1ccc(Cl)cc1NC(=O)NCc1nc(N(C)C)nc(N(C)C)n1. The fourth-order valence-corrected chi connectivity index (χ4v) is 2.15. The number of nitrogens with zero attached hydrogens (tertiary/aromatic N) is 5. The number of amides is 2. The number of anilines is 3. The minimum absolute atomic E-state index is 0.138. The second-order valence-electron chi connectivity index (χ2n) is 5.79. The fraction of sp³-hybridized carbons (Fsp3) is 0.375. The van der Waals surface area contributed by atoms with E-state index in [1.165, 1.54) is 7.11 Å². The molecule has 0 saturated carbocycles. The number of methoxy groups -OCH3 is 1. The molecule has 0 radical (unpaired) electrons. The van der Waals surface area contributed by atoms with Gasteiger partial charge in [-0.25, -0.2) is 4.79 Å². The summed E-state index contributed by atoms with van der Waals surface area (Å²) < 4.78 is 5.20. The zero-order valence-corrected chi connectivity index (χ0v) is 16.1. The Kier molecular flexibility index (Phi) is 6.40. The molecule has 2 rings (SSSR count). The Morgan fingerprint density at radius 2 is 1.73 bits per heavy atom. The van der Waals surface area contributed by atoms with E-state index in [-0.39, 0.29) is 6.54 Å². The number of aromatic nitrogens is 3. The van der Waals surface area contributed by atoms with Crippen molar-refractivity contribution >= 4 is 35.2 Å². The average molecular weight is 380 g/mol. The predicted octanol–water partition coefficient (Wildman–Crippen LogP) is 1.99. The summed E-state index contributed by atoms with van der Waals surface area (Å²) >= 11 is 5.96. The first-order chi connectivity index (χ1) is 12.3. The number of rotatable bonds is 6. The van der Waals surface area contributed by atoms with Gasteiger partial charge < -0.3 is 25.2 Å². The van der Waals surface area contributed by atoms with E-state index in [0.29, 0.717) is 34.2 Å². The third kappa shape index (κ3) is 5.09. The standard InChI is InChI=1S/C16H22ClN7O2/c1-23(2)14-20-13(21-15(22-14)24(3)4)9-18-16(25)19-11-8-10(17)6-7-12(11)26-5/h6-8H,9H2,1-5H3,(H2,18,19,25). The Labute approximate surface area is 157 Å². The molecule has 1 aromatic carbocycles. The molecule has 2 aromatic rings. The molecule has 0 aliphatic carbocycles. The maximum atomic E-state index is 12.2. The molecule has 0 aliphatic heterocycles. The molecular weight excluding hydrogens is 358 g/mol. The van der Waals surface area contributed by atoms with E-state index < -0.39 is 6.03 Å². The van der Waals surface area contributed by atoms with E-state index in [0.717, 1.165) is 0 Å². The number of hydrogen-bond acceptors (Lipinski definition) is 7. The summed E-state index contributed by atoms with van der Waals surface area (Å²) in [7, 11) is 8.87. The van der Waals surface area contributed by atoms with Crippen LogP contribution in [0.3, 0.4) is 0 Å². The van der Waals surface area contributed by atoms with Gasteiger partial charge >= 0.3 is 6.03 Å². The van der Waals surface area contributed by atoms with Crippen LogP contribution in [0.2, 0.25) is 5.02 Å². The van der Waals surface area contributed by atoms with Crippen LogP contribution < -0.4 is 25.2 Å². The Balaban J connectivity index is 2.09. The minimum atomic E-state index is -0.427. The average Bonchev–Trinajstić information content (AvgIpc) is 2.60. The van der Waals surface area contributed by atoms with Crippen LogP contribution in [0.1, 0.15) is 5.82 Å². The predicted molar refractivity (Wildman–Crippen MR) is 102 cm³/mol. The van der Waals surface area contributed by atoms with Crippen LogP contribution in [0.5, 0.6) is 5.75 Å². The van der Waals surface area contributed by atoms with E-state index in [1.807, 2.05) is 28.2 Å². The number of halogens is 1. The molecular formula is C16H22ClN7O2. The summed E-state index contributed by atoms with van der Waals surface area (Å²) in [6, 6.07) is 4.54. The van der Waals surface area contributed by atoms with Crippen molar-refractivity contribution in [2.24, 2.45) is 0 Å². The summed E-state index contributed by atoms with van der Waals surface area (Å²) in [5.41, 5.74) is 0.469. The lowest BCUT2D eigenvalue weighted by molar-refractivity contribution is 0.251. The van der Waals surface area contributed by atoms with Crippen molar-refractivity contribution < 1.29 is 9.53 Å². The Morgan fingerprint density at radius 1 is 1.12 bits per heavy atom. The lowest BCUT2D eigenvalue weighted by Gasteiger charge is -2.16. The van der Waals surface area contributed by atoms with E-state index in [4.69, 9.17) is 16.3 Å². The van der Waals surface area contributed by atoms with E-state index >= 15 is 0 Å². The zero-order chi connectivity index (χ0) is 19.3. The molecule has 0 saturated heterocycles. The summed E-state index contributed by atoms with van der Waals surface area (Å²) in [6.45, 7) is 0.138. The number of carbonyl (C=O) groups is 1. The van der Waals surface area contributed by atoms with Gasteiger partial charge in [0, 0.05) is 33.2 Å². The molecule has 140 valence electrons. The minimum Gasteiger partial charge on any atom is -0.495 e. The first-order valence-electron chi connectivity index (χ1n) is 7.78. The van der Waals surface area contributed by atoms with Crippen LogP contribution in [0, 0.1) is 0 Å². The van der Waals surface area contributed by atoms with E-state index in [1.54, 1.807) is 28.0 Å². The first-order valence-corrected chi connectivity index (χ1v) is 8.16. The molecule has 0 atom stereocenters. The van der Waals surface area contributed by atoms with Gasteiger partial charge in [0.25, 0.3) is 0 Å². The number of carbonyl (C=O) groups excluding carboxylic acids is 1. The van der Waals surface area contributed by atoms with Crippen molar-refractivity contribution in [2.45, 2.75) is 6.54 Å². The maximum absolute atomic E-state index is 12.2. The van der Waals surface area contributed by atoms with Gasteiger partial charge in [-0.1, -0.05) is 11.6 Å². The Morgan fingerprint density at radius 3 is 2.27 bits per heavy atom. The van der Waals surface area contributed by atoms with Crippen molar-refractivity contribution in [3.05, 3.63) is 29.0 Å². The molecule has 0 unspecified atom stereocenters. The van der Waals surface area contributed by atoms with Gasteiger partial charge in [0.15, 0.2) is 5.82 Å². The number of urea groups is 1. The molecule has 1 heterocycles. The van der Waals surface area contributed by atoms with Crippen molar-refractivity contribution in [3.8, 4) is 5.75 Å². The molecule has 9 nitrogen and oxygen atoms in total. The van der Waals surface area contributed by atoms with Crippen molar-refractivity contribution in [3.63, 3.8) is 0 Å². The van der Waals surface area contributed by atoms with Crippen molar-refractivity contribution in [1.29, 1.82) is 0 Å². The van der Waals surface area contributed by atoms with Gasteiger partial charge in [-0.05, 0) is 18.2 Å². The molecule has 1 aromatic heterocycles.